The van der Waals surface area contributed by atoms with Crippen LogP contribution >= 0.6 is 0 Å². The summed E-state index contributed by atoms with van der Waals surface area (Å²) in [5, 5.41) is 0. The first-order chi connectivity index (χ1) is 3.30. The van der Waals surface area contributed by atoms with Crippen molar-refractivity contribution in [3.8, 4) is 0 Å². The summed E-state index contributed by atoms with van der Waals surface area (Å²) in [6.07, 6.45) is 4.48. The smallest absolute Gasteiger partial charge is 0.0697 e. The third-order valence-electron chi connectivity index (χ3n) is 2.09. The Morgan fingerprint density at radius 3 is 2.14 bits per heavy atom. The number of rotatable bonds is 1. The van der Waals surface area contributed by atoms with Crippen LogP contribution in [0.4, 0.5) is 0 Å². The summed E-state index contributed by atoms with van der Waals surface area (Å²) in [6.45, 7) is 2.32. The molecule has 1 saturated carbocycles. The molecule has 0 spiro atoms. The molecule has 0 aromatic heterocycles. The molecule has 1 fully saturated rings. The minimum Gasteiger partial charge on any atom is -0.0697 e. The third-order valence-corrected chi connectivity index (χ3v) is 2.09. The molecule has 1 heteroatoms. The molecule has 1 aliphatic carbocycles. The zero-order valence-corrected chi connectivity index (χ0v) is 5.28. The molecule has 0 aromatic rings. The van der Waals surface area contributed by atoms with Gasteiger partial charge < -0.3 is 0 Å². The van der Waals surface area contributed by atoms with Crippen molar-refractivity contribution >= 4 is 7.85 Å². The van der Waals surface area contributed by atoms with Crippen molar-refractivity contribution in [2.24, 2.45) is 5.92 Å². The molecule has 0 radical (unpaired) electrons. The highest BCUT2D eigenvalue weighted by Crippen LogP contribution is 2.34. The maximum Gasteiger partial charge on any atom is 0.105 e. The molecular weight excluding hydrogens is 82.9 g/mol. The van der Waals surface area contributed by atoms with Crippen molar-refractivity contribution in [2.45, 2.75) is 32.0 Å². The van der Waals surface area contributed by atoms with Gasteiger partial charge in [0.15, 0.2) is 0 Å². The van der Waals surface area contributed by atoms with Gasteiger partial charge in [-0.2, -0.15) is 0 Å². The maximum absolute atomic E-state index is 2.32. The molecule has 40 valence electrons. The van der Waals surface area contributed by atoms with Gasteiger partial charge in [0.1, 0.15) is 7.85 Å². The molecule has 0 aromatic carbocycles. The Hall–Kier alpha value is 0.0649. The Balaban J connectivity index is 2.14. The summed E-state index contributed by atoms with van der Waals surface area (Å²) in [4.78, 5) is 0. The molecule has 0 heterocycles. The molecule has 7 heavy (non-hydrogen) atoms. The van der Waals surface area contributed by atoms with Crippen LogP contribution in [-0.2, 0) is 0 Å². The van der Waals surface area contributed by atoms with E-state index in [0.29, 0.717) is 0 Å². The molecule has 0 nitrogen and oxygen atoms in total. The highest BCUT2D eigenvalue weighted by Gasteiger charge is 2.19. The summed E-state index contributed by atoms with van der Waals surface area (Å²) >= 11 is 0. The van der Waals surface area contributed by atoms with Crippen LogP contribution in [0.5, 0.6) is 0 Å². The van der Waals surface area contributed by atoms with E-state index in [2.05, 4.69) is 14.8 Å². The van der Waals surface area contributed by atoms with E-state index in [-0.39, 0.29) is 0 Å². The average Bonchev–Trinajstić information content (AvgIpc) is 1.23. The van der Waals surface area contributed by atoms with Crippen LogP contribution in [0.1, 0.15) is 26.2 Å². The average molecular weight is 96.0 g/mol. The van der Waals surface area contributed by atoms with Gasteiger partial charge in [-0.15, -0.1) is 0 Å². The second-order valence-corrected chi connectivity index (χ2v) is 2.94. The molecule has 1 atom stereocenters. The molecule has 1 aliphatic rings. The third kappa shape index (κ3) is 0.989. The summed E-state index contributed by atoms with van der Waals surface area (Å²) in [5.41, 5.74) is 0. The lowest BCUT2D eigenvalue weighted by Gasteiger charge is -2.28. The van der Waals surface area contributed by atoms with Crippen LogP contribution in [0.2, 0.25) is 5.82 Å². The molecule has 0 saturated heterocycles. The van der Waals surface area contributed by atoms with Crippen LogP contribution in [-0.4, -0.2) is 7.85 Å². The van der Waals surface area contributed by atoms with E-state index < -0.39 is 0 Å². The number of hydrogen-bond donors (Lipinski definition) is 0. The highest BCUT2D eigenvalue weighted by atomic mass is 14.2. The molecular formula is C6H13B. The summed E-state index contributed by atoms with van der Waals surface area (Å²) in [7, 11) is 2.32. The Morgan fingerprint density at radius 1 is 1.57 bits per heavy atom. The first kappa shape index (κ1) is 5.21. The van der Waals surface area contributed by atoms with Crippen molar-refractivity contribution in [3.63, 3.8) is 0 Å². The quantitative estimate of drug-likeness (QED) is 0.430. The molecule has 1 rings (SSSR count). The van der Waals surface area contributed by atoms with Crippen LogP contribution in [0, 0.1) is 5.92 Å². The minimum absolute atomic E-state index is 0.953. The van der Waals surface area contributed by atoms with Crippen LogP contribution < -0.4 is 0 Å². The first-order valence-corrected chi connectivity index (χ1v) is 3.30. The monoisotopic (exact) mass is 96.1 g/mol. The zero-order chi connectivity index (χ0) is 5.28. The Kier molecular flexibility index (Phi) is 1.41. The van der Waals surface area contributed by atoms with Crippen molar-refractivity contribution in [1.29, 1.82) is 0 Å². The van der Waals surface area contributed by atoms with Crippen molar-refractivity contribution in [3.05, 3.63) is 0 Å². The van der Waals surface area contributed by atoms with Gasteiger partial charge >= 0.3 is 0 Å². The van der Waals surface area contributed by atoms with Crippen LogP contribution in [0.3, 0.4) is 0 Å². The van der Waals surface area contributed by atoms with Gasteiger partial charge in [-0.1, -0.05) is 32.0 Å². The molecule has 0 amide bonds. The van der Waals surface area contributed by atoms with Gasteiger partial charge in [-0.3, -0.25) is 0 Å². The summed E-state index contributed by atoms with van der Waals surface area (Å²) < 4.78 is 0. The number of hydrogen-bond acceptors (Lipinski definition) is 0. The topological polar surface area (TPSA) is 0 Å². The fourth-order valence-corrected chi connectivity index (χ4v) is 1.11. The van der Waals surface area contributed by atoms with Crippen molar-refractivity contribution < 1.29 is 0 Å². The molecule has 0 aliphatic heterocycles. The molecule has 0 bridgehead atoms. The fraction of sp³-hybridized carbons (Fsp3) is 1.00. The van der Waals surface area contributed by atoms with Gasteiger partial charge in [-0.25, -0.2) is 0 Å². The summed E-state index contributed by atoms with van der Waals surface area (Å²) in [6, 6.07) is 0. The Morgan fingerprint density at radius 2 is 2.14 bits per heavy atom. The van der Waals surface area contributed by atoms with Gasteiger partial charge in [0, 0.05) is 0 Å². The van der Waals surface area contributed by atoms with Crippen LogP contribution in [0.25, 0.3) is 0 Å². The molecule has 0 N–H and O–H groups in total. The van der Waals surface area contributed by atoms with Crippen LogP contribution in [0.15, 0.2) is 0 Å². The second-order valence-electron chi connectivity index (χ2n) is 2.94. The largest absolute Gasteiger partial charge is 0.105 e. The van der Waals surface area contributed by atoms with Gasteiger partial charge in [0.2, 0.25) is 0 Å². The van der Waals surface area contributed by atoms with E-state index in [4.69, 9.17) is 0 Å². The van der Waals surface area contributed by atoms with E-state index in [1.807, 2.05) is 0 Å². The van der Waals surface area contributed by atoms with E-state index in [9.17, 15) is 0 Å². The van der Waals surface area contributed by atoms with E-state index in [0.717, 1.165) is 11.7 Å². The predicted octanol–water partition coefficient (Wildman–Crippen LogP) is 1.23. The Bertz CT molecular complexity index is 55.2. The lowest BCUT2D eigenvalue weighted by Crippen LogP contribution is -2.15. The van der Waals surface area contributed by atoms with Gasteiger partial charge in [0.25, 0.3) is 0 Å². The van der Waals surface area contributed by atoms with E-state index in [1.54, 1.807) is 0 Å². The van der Waals surface area contributed by atoms with E-state index >= 15 is 0 Å². The lowest BCUT2D eigenvalue weighted by molar-refractivity contribution is 0.307. The zero-order valence-electron chi connectivity index (χ0n) is 5.28. The van der Waals surface area contributed by atoms with Gasteiger partial charge in [-0.05, 0) is 5.92 Å². The second kappa shape index (κ2) is 1.89. The lowest BCUT2D eigenvalue weighted by atomic mass is 9.68. The van der Waals surface area contributed by atoms with Crippen molar-refractivity contribution in [2.75, 3.05) is 0 Å². The minimum atomic E-state index is 0.953. The van der Waals surface area contributed by atoms with Crippen molar-refractivity contribution in [1.82, 2.24) is 0 Å². The highest BCUT2D eigenvalue weighted by molar-refractivity contribution is 6.11. The fourth-order valence-electron chi connectivity index (χ4n) is 1.11. The molecule has 1 unspecified atom stereocenters. The van der Waals surface area contributed by atoms with Gasteiger partial charge in [0.05, 0.1) is 0 Å². The SMILES string of the molecule is BC(C)C1CCC1. The first-order valence-electron chi connectivity index (χ1n) is 3.30. The normalized spacial score (nSPS) is 26.4. The van der Waals surface area contributed by atoms with E-state index in [1.165, 1.54) is 19.3 Å². The maximum atomic E-state index is 2.32. The predicted molar refractivity (Wildman–Crippen MR) is 35.3 cm³/mol. The standard InChI is InChI=1S/C6H13B/c1-5(7)6-3-2-4-6/h5-6H,2-4,7H2,1H3. The summed E-state index contributed by atoms with van der Waals surface area (Å²) in [5.74, 6) is 2.04. The Labute approximate surface area is 46.7 Å².